The van der Waals surface area contributed by atoms with Crippen molar-refractivity contribution in [1.29, 1.82) is 0 Å². The molecule has 108 valence electrons. The van der Waals surface area contributed by atoms with Gasteiger partial charge in [-0.3, -0.25) is 9.59 Å². The first-order chi connectivity index (χ1) is 9.61. The van der Waals surface area contributed by atoms with E-state index in [9.17, 15) is 9.59 Å². The summed E-state index contributed by atoms with van der Waals surface area (Å²) in [5.74, 6) is -0.846. The molecule has 1 aliphatic rings. The normalized spacial score (nSPS) is 15.7. The van der Waals surface area contributed by atoms with Crippen LogP contribution < -0.4 is 0 Å². The summed E-state index contributed by atoms with van der Waals surface area (Å²) >= 11 is 0. The van der Waals surface area contributed by atoms with Gasteiger partial charge >= 0.3 is 5.97 Å². The van der Waals surface area contributed by atoms with Gasteiger partial charge in [0.2, 0.25) is 0 Å². The first kappa shape index (κ1) is 14.5. The van der Waals surface area contributed by atoms with E-state index in [-0.39, 0.29) is 12.5 Å². The molecule has 5 heteroatoms. The van der Waals surface area contributed by atoms with Crippen LogP contribution in [0.15, 0.2) is 30.3 Å². The van der Waals surface area contributed by atoms with Crippen LogP contribution in [0.2, 0.25) is 0 Å². The minimum atomic E-state index is -0.998. The molecule has 0 aliphatic heterocycles. The van der Waals surface area contributed by atoms with Crippen molar-refractivity contribution in [2.75, 3.05) is 20.2 Å². The van der Waals surface area contributed by atoms with Crippen LogP contribution >= 0.6 is 0 Å². The lowest BCUT2D eigenvalue weighted by molar-refractivity contribution is -0.150. The summed E-state index contributed by atoms with van der Waals surface area (Å²) in [6, 6.07) is 9.14. The fourth-order valence-corrected chi connectivity index (χ4v) is 2.18. The van der Waals surface area contributed by atoms with Crippen molar-refractivity contribution in [2.45, 2.75) is 18.9 Å². The zero-order valence-corrected chi connectivity index (χ0v) is 11.5. The first-order valence-electron chi connectivity index (χ1n) is 6.70. The number of rotatable bonds is 7. The second-order valence-corrected chi connectivity index (χ2v) is 5.08. The molecule has 0 aromatic heterocycles. The molecular formula is C15H19NO4. The Morgan fingerprint density at radius 1 is 1.35 bits per heavy atom. The van der Waals surface area contributed by atoms with Crippen molar-refractivity contribution in [3.63, 3.8) is 0 Å². The Bertz CT molecular complexity index is 470. The van der Waals surface area contributed by atoms with Gasteiger partial charge in [-0.05, 0) is 24.3 Å². The summed E-state index contributed by atoms with van der Waals surface area (Å²) < 4.78 is 5.28. The topological polar surface area (TPSA) is 66.8 Å². The zero-order chi connectivity index (χ0) is 14.5. The number of methoxy groups -OCH3 is 1. The highest BCUT2D eigenvalue weighted by molar-refractivity contribution is 5.85. The number of hydrogen-bond donors (Lipinski definition) is 1. The highest BCUT2D eigenvalue weighted by Crippen LogP contribution is 2.31. The largest absolute Gasteiger partial charge is 0.480 e. The molecular weight excluding hydrogens is 258 g/mol. The Morgan fingerprint density at radius 3 is 2.50 bits per heavy atom. The lowest BCUT2D eigenvalue weighted by Crippen LogP contribution is -2.40. The number of aliphatic carboxylic acids is 1. The standard InChI is InChI=1S/C15H19NO4/c1-20-14(12-5-3-2-4-6-12)15(19)16(10-13(17)18)9-11-7-8-11/h2-6,11,14H,7-10H2,1H3,(H,17,18). The van der Waals surface area contributed by atoms with Crippen LogP contribution in [0, 0.1) is 5.92 Å². The van der Waals surface area contributed by atoms with E-state index in [1.54, 1.807) is 0 Å². The van der Waals surface area contributed by atoms with Gasteiger partial charge < -0.3 is 14.7 Å². The SMILES string of the molecule is COC(C(=O)N(CC(=O)O)CC1CC1)c1ccccc1. The third-order valence-corrected chi connectivity index (χ3v) is 3.38. The Kier molecular flexibility index (Phi) is 4.74. The van der Waals surface area contributed by atoms with E-state index in [2.05, 4.69) is 0 Å². The number of nitrogens with zero attached hydrogens (tertiary/aromatic N) is 1. The Balaban J connectivity index is 2.12. The third kappa shape index (κ3) is 3.81. The van der Waals surface area contributed by atoms with Gasteiger partial charge in [0.15, 0.2) is 6.10 Å². The van der Waals surface area contributed by atoms with E-state index in [0.29, 0.717) is 12.5 Å². The van der Waals surface area contributed by atoms with Gasteiger partial charge in [-0.2, -0.15) is 0 Å². The van der Waals surface area contributed by atoms with E-state index in [0.717, 1.165) is 18.4 Å². The average Bonchev–Trinajstić information content (AvgIpc) is 3.23. The molecule has 1 fully saturated rings. The maximum absolute atomic E-state index is 12.5. The van der Waals surface area contributed by atoms with Crippen LogP contribution in [0.1, 0.15) is 24.5 Å². The predicted molar refractivity (Wildman–Crippen MR) is 73.1 cm³/mol. The number of amides is 1. The molecule has 1 amide bonds. The predicted octanol–water partition coefficient (Wildman–Crippen LogP) is 1.70. The van der Waals surface area contributed by atoms with E-state index < -0.39 is 12.1 Å². The number of ether oxygens (including phenoxy) is 1. The molecule has 2 rings (SSSR count). The molecule has 0 heterocycles. The Labute approximate surface area is 118 Å². The van der Waals surface area contributed by atoms with Gasteiger partial charge in [-0.1, -0.05) is 30.3 Å². The molecule has 1 aromatic rings. The lowest BCUT2D eigenvalue weighted by atomic mass is 10.1. The van der Waals surface area contributed by atoms with Gasteiger partial charge in [-0.25, -0.2) is 0 Å². The molecule has 5 nitrogen and oxygen atoms in total. The molecule has 0 saturated heterocycles. The summed E-state index contributed by atoms with van der Waals surface area (Å²) in [4.78, 5) is 24.8. The maximum Gasteiger partial charge on any atom is 0.323 e. The van der Waals surface area contributed by atoms with Crippen molar-refractivity contribution >= 4 is 11.9 Å². The van der Waals surface area contributed by atoms with Crippen LogP contribution in [0.5, 0.6) is 0 Å². The average molecular weight is 277 g/mol. The number of carbonyl (C=O) groups is 2. The zero-order valence-electron chi connectivity index (χ0n) is 11.5. The molecule has 1 saturated carbocycles. The molecule has 0 spiro atoms. The van der Waals surface area contributed by atoms with Crippen LogP contribution in [-0.2, 0) is 14.3 Å². The van der Waals surface area contributed by atoms with E-state index in [1.165, 1.54) is 12.0 Å². The number of benzene rings is 1. The fraction of sp³-hybridized carbons (Fsp3) is 0.467. The Morgan fingerprint density at radius 2 is 2.00 bits per heavy atom. The quantitative estimate of drug-likeness (QED) is 0.823. The highest BCUT2D eigenvalue weighted by atomic mass is 16.5. The molecule has 1 aromatic carbocycles. The van der Waals surface area contributed by atoms with Crippen LogP contribution in [0.4, 0.5) is 0 Å². The maximum atomic E-state index is 12.5. The Hall–Kier alpha value is -1.88. The molecule has 1 unspecified atom stereocenters. The van der Waals surface area contributed by atoms with E-state index >= 15 is 0 Å². The van der Waals surface area contributed by atoms with Crippen molar-refractivity contribution in [2.24, 2.45) is 5.92 Å². The molecule has 1 aliphatic carbocycles. The molecule has 0 radical (unpaired) electrons. The van der Waals surface area contributed by atoms with Gasteiger partial charge in [0, 0.05) is 13.7 Å². The minimum Gasteiger partial charge on any atom is -0.480 e. The van der Waals surface area contributed by atoms with Crippen LogP contribution in [-0.4, -0.2) is 42.1 Å². The molecule has 20 heavy (non-hydrogen) atoms. The number of carboxylic acid groups (broad SMARTS) is 1. The van der Waals surface area contributed by atoms with Crippen molar-refractivity contribution in [3.8, 4) is 0 Å². The van der Waals surface area contributed by atoms with E-state index in [1.807, 2.05) is 30.3 Å². The van der Waals surface area contributed by atoms with Gasteiger partial charge in [0.1, 0.15) is 6.54 Å². The van der Waals surface area contributed by atoms with Gasteiger partial charge in [-0.15, -0.1) is 0 Å². The summed E-state index contributed by atoms with van der Waals surface area (Å²) in [5.41, 5.74) is 0.742. The number of carbonyl (C=O) groups excluding carboxylic acids is 1. The van der Waals surface area contributed by atoms with E-state index in [4.69, 9.17) is 9.84 Å². The summed E-state index contributed by atoms with van der Waals surface area (Å²) in [7, 11) is 1.46. The van der Waals surface area contributed by atoms with Crippen LogP contribution in [0.25, 0.3) is 0 Å². The molecule has 1 atom stereocenters. The van der Waals surface area contributed by atoms with Gasteiger partial charge in [0.05, 0.1) is 0 Å². The third-order valence-electron chi connectivity index (χ3n) is 3.38. The smallest absolute Gasteiger partial charge is 0.323 e. The molecule has 0 bridgehead atoms. The molecule has 1 N–H and O–H groups in total. The van der Waals surface area contributed by atoms with Gasteiger partial charge in [0.25, 0.3) is 5.91 Å². The monoisotopic (exact) mass is 277 g/mol. The highest BCUT2D eigenvalue weighted by Gasteiger charge is 2.32. The van der Waals surface area contributed by atoms with Crippen molar-refractivity contribution in [3.05, 3.63) is 35.9 Å². The summed E-state index contributed by atoms with van der Waals surface area (Å²) in [5, 5.41) is 8.96. The number of carboxylic acids is 1. The van der Waals surface area contributed by atoms with Crippen molar-refractivity contribution in [1.82, 2.24) is 4.90 Å². The second kappa shape index (κ2) is 6.52. The van der Waals surface area contributed by atoms with Crippen molar-refractivity contribution < 1.29 is 19.4 Å². The lowest BCUT2D eigenvalue weighted by Gasteiger charge is -2.25. The second-order valence-electron chi connectivity index (χ2n) is 5.08. The summed E-state index contributed by atoms with van der Waals surface area (Å²) in [6.07, 6.45) is 1.38. The summed E-state index contributed by atoms with van der Waals surface area (Å²) in [6.45, 7) is 0.222. The fourth-order valence-electron chi connectivity index (χ4n) is 2.18. The minimum absolute atomic E-state index is 0.276. The number of hydrogen-bond acceptors (Lipinski definition) is 3. The first-order valence-corrected chi connectivity index (χ1v) is 6.70. The van der Waals surface area contributed by atoms with Crippen LogP contribution in [0.3, 0.4) is 0 Å².